The molecule has 0 saturated carbocycles. The molecule has 1 saturated heterocycles. The van der Waals surface area contributed by atoms with E-state index in [0.29, 0.717) is 23.4 Å². The van der Waals surface area contributed by atoms with Gasteiger partial charge in [0, 0.05) is 6.42 Å². The number of imidazole rings is 1. The van der Waals surface area contributed by atoms with Crippen molar-refractivity contribution in [1.29, 1.82) is 0 Å². The second-order valence-electron chi connectivity index (χ2n) is 4.18. The van der Waals surface area contributed by atoms with E-state index in [-0.39, 0.29) is 12.3 Å². The first-order valence-electron chi connectivity index (χ1n) is 5.43. The lowest BCUT2D eigenvalue weighted by molar-refractivity contribution is -0.00632. The maximum atomic E-state index is 9.68. The molecule has 0 spiro atoms. The Labute approximate surface area is 97.3 Å². The number of aliphatic hydroxyl groups excluding tert-OH is 1. The number of hydrogen-bond acceptors (Lipinski definition) is 6. The summed E-state index contributed by atoms with van der Waals surface area (Å²) in [5, 5.41) is 9.68. The van der Waals surface area contributed by atoms with Gasteiger partial charge in [-0.2, -0.15) is 0 Å². The number of nitrogens with two attached hydrogens (primary N) is 1. The molecule has 2 aromatic heterocycles. The average Bonchev–Trinajstić information content (AvgIpc) is 2.85. The standard InChI is InChI=1S/C10H13N5O2/c1-5-6(16)2-7(17-5)15-4-14-8-9(11)12-3-13-10(8)15/h3-7,16H,2H2,1H3,(H2,11,12,13)/t5-,6-,7+/m1/s1. The molecule has 0 bridgehead atoms. The molecule has 0 amide bonds. The lowest BCUT2D eigenvalue weighted by atomic mass is 10.2. The van der Waals surface area contributed by atoms with Crippen LogP contribution in [0.25, 0.3) is 11.2 Å². The Balaban J connectivity index is 2.04. The predicted octanol–water partition coefficient (Wildman–Crippen LogP) is 0.0768. The van der Waals surface area contributed by atoms with Crippen LogP contribution in [0.4, 0.5) is 5.82 Å². The molecule has 90 valence electrons. The van der Waals surface area contributed by atoms with Crippen molar-refractivity contribution in [2.45, 2.75) is 31.8 Å². The topological polar surface area (TPSA) is 99.1 Å². The Morgan fingerprint density at radius 2 is 2.29 bits per heavy atom. The Kier molecular flexibility index (Phi) is 2.23. The highest BCUT2D eigenvalue weighted by molar-refractivity contribution is 5.81. The normalized spacial score (nSPS) is 28.9. The minimum Gasteiger partial charge on any atom is -0.390 e. The number of rotatable bonds is 1. The molecule has 7 heteroatoms. The Bertz CT molecular complexity index is 545. The van der Waals surface area contributed by atoms with Crippen LogP contribution in [0.15, 0.2) is 12.7 Å². The van der Waals surface area contributed by atoms with E-state index in [1.165, 1.54) is 6.33 Å². The van der Waals surface area contributed by atoms with Crippen molar-refractivity contribution in [3.05, 3.63) is 12.7 Å². The van der Waals surface area contributed by atoms with Crippen molar-refractivity contribution in [2.24, 2.45) is 0 Å². The maximum absolute atomic E-state index is 9.68. The van der Waals surface area contributed by atoms with E-state index >= 15 is 0 Å². The first-order valence-corrected chi connectivity index (χ1v) is 5.43. The largest absolute Gasteiger partial charge is 0.390 e. The van der Waals surface area contributed by atoms with Crippen molar-refractivity contribution in [2.75, 3.05) is 5.73 Å². The van der Waals surface area contributed by atoms with Crippen LogP contribution < -0.4 is 5.73 Å². The van der Waals surface area contributed by atoms with Crippen LogP contribution >= 0.6 is 0 Å². The number of aromatic nitrogens is 4. The first-order chi connectivity index (χ1) is 8.16. The number of hydrogen-bond donors (Lipinski definition) is 2. The third-order valence-electron chi connectivity index (χ3n) is 3.05. The molecule has 0 aliphatic carbocycles. The molecular weight excluding hydrogens is 222 g/mol. The SMILES string of the molecule is C[C@H]1O[C@H](n2cnc3c(N)ncnc32)C[C@H]1O. The highest BCUT2D eigenvalue weighted by Gasteiger charge is 2.32. The van der Waals surface area contributed by atoms with Gasteiger partial charge in [-0.15, -0.1) is 0 Å². The smallest absolute Gasteiger partial charge is 0.167 e. The maximum Gasteiger partial charge on any atom is 0.167 e. The Morgan fingerprint density at radius 3 is 3.00 bits per heavy atom. The molecule has 0 radical (unpaired) electrons. The van der Waals surface area contributed by atoms with Crippen LogP contribution in [0.2, 0.25) is 0 Å². The molecule has 0 aromatic carbocycles. The highest BCUT2D eigenvalue weighted by atomic mass is 16.5. The van der Waals surface area contributed by atoms with Gasteiger partial charge in [0.1, 0.15) is 18.1 Å². The molecule has 7 nitrogen and oxygen atoms in total. The van der Waals surface area contributed by atoms with Crippen molar-refractivity contribution in [3.63, 3.8) is 0 Å². The molecule has 3 N–H and O–H groups in total. The molecule has 2 aromatic rings. The summed E-state index contributed by atoms with van der Waals surface area (Å²) in [4.78, 5) is 12.2. The zero-order valence-electron chi connectivity index (χ0n) is 9.32. The molecule has 1 aliphatic rings. The summed E-state index contributed by atoms with van der Waals surface area (Å²) in [7, 11) is 0. The lowest BCUT2D eigenvalue weighted by Crippen LogP contribution is -2.15. The zero-order chi connectivity index (χ0) is 12.0. The fourth-order valence-corrected chi connectivity index (χ4v) is 2.05. The number of aliphatic hydroxyl groups is 1. The quantitative estimate of drug-likeness (QED) is 0.726. The van der Waals surface area contributed by atoms with Gasteiger partial charge in [0.15, 0.2) is 11.5 Å². The summed E-state index contributed by atoms with van der Waals surface area (Å²) < 4.78 is 7.42. The van der Waals surface area contributed by atoms with Gasteiger partial charge >= 0.3 is 0 Å². The molecule has 1 aliphatic heterocycles. The third kappa shape index (κ3) is 1.55. The van der Waals surface area contributed by atoms with Crippen LogP contribution in [-0.2, 0) is 4.74 Å². The van der Waals surface area contributed by atoms with E-state index in [1.54, 1.807) is 10.9 Å². The van der Waals surface area contributed by atoms with E-state index in [4.69, 9.17) is 10.5 Å². The fraction of sp³-hybridized carbons (Fsp3) is 0.500. The number of nitrogens with zero attached hydrogens (tertiary/aromatic N) is 4. The molecule has 3 heterocycles. The van der Waals surface area contributed by atoms with Gasteiger partial charge in [-0.05, 0) is 6.92 Å². The highest BCUT2D eigenvalue weighted by Crippen LogP contribution is 2.30. The van der Waals surface area contributed by atoms with Crippen LogP contribution in [0.5, 0.6) is 0 Å². The second-order valence-corrected chi connectivity index (χ2v) is 4.18. The van der Waals surface area contributed by atoms with Crippen LogP contribution in [0.1, 0.15) is 19.6 Å². The van der Waals surface area contributed by atoms with Crippen LogP contribution in [-0.4, -0.2) is 36.8 Å². The van der Waals surface area contributed by atoms with Gasteiger partial charge in [0.25, 0.3) is 0 Å². The number of nitrogen functional groups attached to an aromatic ring is 1. The molecule has 3 atom stereocenters. The molecule has 0 unspecified atom stereocenters. The van der Waals surface area contributed by atoms with E-state index in [9.17, 15) is 5.11 Å². The Morgan fingerprint density at radius 1 is 1.47 bits per heavy atom. The van der Waals surface area contributed by atoms with Crippen molar-refractivity contribution in [3.8, 4) is 0 Å². The predicted molar refractivity (Wildman–Crippen MR) is 59.9 cm³/mol. The minimum atomic E-state index is -0.461. The van der Waals surface area contributed by atoms with Crippen LogP contribution in [0.3, 0.4) is 0 Å². The average molecular weight is 235 g/mol. The summed E-state index contributed by atoms with van der Waals surface area (Å²) in [6.07, 6.45) is 2.64. The summed E-state index contributed by atoms with van der Waals surface area (Å²) in [6, 6.07) is 0. The minimum absolute atomic E-state index is 0.184. The van der Waals surface area contributed by atoms with Gasteiger partial charge in [0.05, 0.1) is 18.5 Å². The van der Waals surface area contributed by atoms with Crippen LogP contribution in [0, 0.1) is 0 Å². The third-order valence-corrected chi connectivity index (χ3v) is 3.05. The monoisotopic (exact) mass is 235 g/mol. The number of fused-ring (bicyclic) bond motifs is 1. The van der Waals surface area contributed by atoms with E-state index in [0.717, 1.165) is 0 Å². The van der Waals surface area contributed by atoms with Gasteiger partial charge in [-0.1, -0.05) is 0 Å². The molecule has 1 fully saturated rings. The summed E-state index contributed by atoms with van der Waals surface area (Å²) in [6.45, 7) is 1.84. The zero-order valence-corrected chi connectivity index (χ0v) is 9.32. The fourth-order valence-electron chi connectivity index (χ4n) is 2.05. The number of ether oxygens (including phenoxy) is 1. The van der Waals surface area contributed by atoms with E-state index < -0.39 is 6.10 Å². The van der Waals surface area contributed by atoms with Crippen molar-refractivity contribution in [1.82, 2.24) is 19.5 Å². The lowest BCUT2D eigenvalue weighted by Gasteiger charge is -2.12. The van der Waals surface area contributed by atoms with Gasteiger partial charge in [-0.3, -0.25) is 4.57 Å². The van der Waals surface area contributed by atoms with Crippen molar-refractivity contribution < 1.29 is 9.84 Å². The molecule has 17 heavy (non-hydrogen) atoms. The Hall–Kier alpha value is -1.73. The number of anilines is 1. The summed E-state index contributed by atoms with van der Waals surface area (Å²) >= 11 is 0. The van der Waals surface area contributed by atoms with E-state index in [1.807, 2.05) is 6.92 Å². The molecular formula is C10H13N5O2. The van der Waals surface area contributed by atoms with Gasteiger partial charge < -0.3 is 15.6 Å². The summed E-state index contributed by atoms with van der Waals surface area (Å²) in [5.74, 6) is 0.348. The second kappa shape index (κ2) is 3.64. The van der Waals surface area contributed by atoms with Gasteiger partial charge in [0.2, 0.25) is 0 Å². The van der Waals surface area contributed by atoms with Gasteiger partial charge in [-0.25, -0.2) is 15.0 Å². The first kappa shape index (κ1) is 10.4. The summed E-state index contributed by atoms with van der Waals surface area (Å²) in [5.41, 5.74) is 6.89. The van der Waals surface area contributed by atoms with Crippen molar-refractivity contribution >= 4 is 17.0 Å². The molecule has 3 rings (SSSR count). The van der Waals surface area contributed by atoms with E-state index in [2.05, 4.69) is 15.0 Å².